The van der Waals surface area contributed by atoms with E-state index in [9.17, 15) is 0 Å². The van der Waals surface area contributed by atoms with E-state index in [0.717, 1.165) is 6.42 Å². The predicted molar refractivity (Wildman–Crippen MR) is 66.6 cm³/mol. The minimum atomic E-state index is 0.218. The van der Waals surface area contributed by atoms with Gasteiger partial charge < -0.3 is 5.11 Å². The first-order valence-corrected chi connectivity index (χ1v) is 6.16. The number of rotatable bonds is 8. The Balaban J connectivity index is 3.15. The summed E-state index contributed by atoms with van der Waals surface area (Å²) in [4.78, 5) is 0. The van der Waals surface area contributed by atoms with Gasteiger partial charge in [-0.15, -0.1) is 0 Å². The van der Waals surface area contributed by atoms with Gasteiger partial charge in [-0.25, -0.2) is 0 Å². The Bertz CT molecular complexity index is 195. The van der Waals surface area contributed by atoms with Crippen LogP contribution in [-0.2, 0) is 0 Å². The van der Waals surface area contributed by atoms with E-state index < -0.39 is 0 Å². The molecule has 0 aromatic rings. The molecule has 0 heterocycles. The van der Waals surface area contributed by atoms with Crippen molar-refractivity contribution in [2.75, 3.05) is 6.61 Å². The average molecular weight is 208 g/mol. The molecule has 0 rings (SSSR count). The normalized spacial score (nSPS) is 10.3. The third-order valence-electron chi connectivity index (χ3n) is 2.25. The van der Waals surface area contributed by atoms with Crippen LogP contribution in [0.15, 0.2) is 12.2 Å². The zero-order chi connectivity index (χ0) is 11.2. The maximum atomic E-state index is 8.51. The van der Waals surface area contributed by atoms with Gasteiger partial charge in [0.15, 0.2) is 0 Å². The second kappa shape index (κ2) is 13.3. The maximum absolute atomic E-state index is 8.51. The third-order valence-corrected chi connectivity index (χ3v) is 2.25. The summed E-state index contributed by atoms with van der Waals surface area (Å²) in [6, 6.07) is 0. The third kappa shape index (κ3) is 13.3. The zero-order valence-electron chi connectivity index (χ0n) is 9.97. The van der Waals surface area contributed by atoms with Gasteiger partial charge in [-0.2, -0.15) is 0 Å². The minimum absolute atomic E-state index is 0.218. The lowest BCUT2D eigenvalue weighted by Crippen LogP contribution is -1.77. The van der Waals surface area contributed by atoms with Gasteiger partial charge in [0.1, 0.15) is 0 Å². The van der Waals surface area contributed by atoms with E-state index in [0.29, 0.717) is 6.42 Å². The molecule has 0 aromatic carbocycles. The number of hydrogen-bond acceptors (Lipinski definition) is 1. The fourth-order valence-electron chi connectivity index (χ4n) is 1.34. The fourth-order valence-corrected chi connectivity index (χ4v) is 1.34. The van der Waals surface area contributed by atoms with Crippen LogP contribution in [0.4, 0.5) is 0 Å². The molecule has 0 atom stereocenters. The lowest BCUT2D eigenvalue weighted by Gasteiger charge is -1.96. The van der Waals surface area contributed by atoms with Crippen LogP contribution in [0.1, 0.15) is 58.3 Å². The van der Waals surface area contributed by atoms with Crippen molar-refractivity contribution in [3.8, 4) is 11.8 Å². The molecule has 0 saturated heterocycles. The van der Waals surface area contributed by atoms with Crippen molar-refractivity contribution in [2.24, 2.45) is 0 Å². The minimum Gasteiger partial charge on any atom is -0.396 e. The van der Waals surface area contributed by atoms with Crippen molar-refractivity contribution in [3.05, 3.63) is 12.2 Å². The predicted octanol–water partition coefficient (Wildman–Crippen LogP) is 3.68. The maximum Gasteiger partial charge on any atom is 0.0465 e. The van der Waals surface area contributed by atoms with Gasteiger partial charge in [0.2, 0.25) is 0 Å². The van der Waals surface area contributed by atoms with Crippen LogP contribution in [0.3, 0.4) is 0 Å². The molecule has 15 heavy (non-hydrogen) atoms. The Hall–Kier alpha value is -0.740. The van der Waals surface area contributed by atoms with Gasteiger partial charge in [-0.1, -0.05) is 56.9 Å². The second-order valence-electron chi connectivity index (χ2n) is 3.75. The van der Waals surface area contributed by atoms with Crippen molar-refractivity contribution in [1.82, 2.24) is 0 Å². The van der Waals surface area contributed by atoms with Crippen molar-refractivity contribution in [1.29, 1.82) is 0 Å². The number of hydrogen-bond donors (Lipinski definition) is 1. The summed E-state index contributed by atoms with van der Waals surface area (Å²) in [5.74, 6) is 6.10. The molecule has 1 N–H and O–H groups in total. The van der Waals surface area contributed by atoms with Gasteiger partial charge in [0, 0.05) is 13.0 Å². The molecule has 0 unspecified atom stereocenters. The summed E-state index contributed by atoms with van der Waals surface area (Å²) in [6.45, 7) is 2.46. The number of aliphatic hydroxyl groups excluding tert-OH is 1. The van der Waals surface area contributed by atoms with Crippen LogP contribution in [0, 0.1) is 11.8 Å². The molecule has 0 aliphatic rings. The molecule has 1 heteroatoms. The van der Waals surface area contributed by atoms with E-state index in [1.54, 1.807) is 0 Å². The summed E-state index contributed by atoms with van der Waals surface area (Å²) >= 11 is 0. The largest absolute Gasteiger partial charge is 0.396 e. The van der Waals surface area contributed by atoms with Crippen LogP contribution in [0.5, 0.6) is 0 Å². The molecule has 0 aromatic heterocycles. The van der Waals surface area contributed by atoms with Gasteiger partial charge in [0.05, 0.1) is 0 Å². The van der Waals surface area contributed by atoms with E-state index in [4.69, 9.17) is 5.11 Å². The van der Waals surface area contributed by atoms with Crippen molar-refractivity contribution < 1.29 is 5.11 Å². The Morgan fingerprint density at radius 3 is 2.53 bits per heavy atom. The van der Waals surface area contributed by atoms with Gasteiger partial charge >= 0.3 is 0 Å². The molecule has 86 valence electrons. The molecule has 0 aliphatic heterocycles. The highest BCUT2D eigenvalue weighted by molar-refractivity contribution is 5.14. The van der Waals surface area contributed by atoms with Gasteiger partial charge in [0.25, 0.3) is 0 Å². The lowest BCUT2D eigenvalue weighted by molar-refractivity contribution is 0.302. The van der Waals surface area contributed by atoms with Crippen LogP contribution >= 0.6 is 0 Å². The summed E-state index contributed by atoms with van der Waals surface area (Å²) in [7, 11) is 0. The average Bonchev–Trinajstić information content (AvgIpc) is 2.26. The molecular formula is C14H24O. The monoisotopic (exact) mass is 208 g/mol. The van der Waals surface area contributed by atoms with E-state index in [1.807, 2.05) is 12.2 Å². The zero-order valence-corrected chi connectivity index (χ0v) is 9.97. The molecule has 0 radical (unpaired) electrons. The molecular weight excluding hydrogens is 184 g/mol. The lowest BCUT2D eigenvalue weighted by atomic mass is 10.1. The first kappa shape index (κ1) is 14.3. The number of aliphatic hydroxyl groups is 1. The van der Waals surface area contributed by atoms with E-state index in [-0.39, 0.29) is 6.61 Å². The van der Waals surface area contributed by atoms with Crippen molar-refractivity contribution >= 4 is 0 Å². The number of allylic oxidation sites excluding steroid dienone is 1. The Labute approximate surface area is 94.6 Å². The molecule has 1 nitrogen and oxygen atoms in total. The molecule has 0 amide bonds. The van der Waals surface area contributed by atoms with E-state index in [2.05, 4.69) is 18.8 Å². The van der Waals surface area contributed by atoms with Crippen LogP contribution in [-0.4, -0.2) is 11.7 Å². The smallest absolute Gasteiger partial charge is 0.0465 e. The molecule has 0 bridgehead atoms. The summed E-state index contributed by atoms with van der Waals surface area (Å²) in [6.07, 6.45) is 13.4. The van der Waals surface area contributed by atoms with E-state index >= 15 is 0 Å². The topological polar surface area (TPSA) is 20.2 Å². The summed E-state index contributed by atoms with van der Waals surface area (Å²) < 4.78 is 0. The van der Waals surface area contributed by atoms with Crippen molar-refractivity contribution in [3.63, 3.8) is 0 Å². The molecule has 0 saturated carbocycles. The van der Waals surface area contributed by atoms with Crippen LogP contribution < -0.4 is 0 Å². The summed E-state index contributed by atoms with van der Waals surface area (Å²) in [5.41, 5.74) is 0. The Morgan fingerprint density at radius 2 is 1.80 bits per heavy atom. The number of unbranched alkanes of at least 4 members (excludes halogenated alkanes) is 6. The SMILES string of the molecule is CCCCCCCCC#C/C=C/CCO. The van der Waals surface area contributed by atoms with Crippen LogP contribution in [0.2, 0.25) is 0 Å². The first-order chi connectivity index (χ1) is 7.41. The first-order valence-electron chi connectivity index (χ1n) is 6.16. The van der Waals surface area contributed by atoms with Gasteiger partial charge in [-0.05, 0) is 18.9 Å². The summed E-state index contributed by atoms with van der Waals surface area (Å²) in [5, 5.41) is 8.51. The van der Waals surface area contributed by atoms with Gasteiger partial charge in [-0.3, -0.25) is 0 Å². The fraction of sp³-hybridized carbons (Fsp3) is 0.714. The van der Waals surface area contributed by atoms with Crippen LogP contribution in [0.25, 0.3) is 0 Å². The molecule has 0 fully saturated rings. The van der Waals surface area contributed by atoms with E-state index in [1.165, 1.54) is 38.5 Å². The Morgan fingerprint density at radius 1 is 1.07 bits per heavy atom. The second-order valence-corrected chi connectivity index (χ2v) is 3.75. The standard InChI is InChI=1S/C14H24O/c1-2-3-4-5-6-7-8-9-10-11-12-13-14-15/h11-12,15H,2-8,13-14H2,1H3/b12-11+. The highest BCUT2D eigenvalue weighted by Gasteiger charge is 1.87. The molecule has 0 aliphatic carbocycles. The highest BCUT2D eigenvalue weighted by atomic mass is 16.2. The Kier molecular flexibility index (Phi) is 12.6. The van der Waals surface area contributed by atoms with Crippen molar-refractivity contribution in [2.45, 2.75) is 58.3 Å². The quantitative estimate of drug-likeness (QED) is 0.476. The highest BCUT2D eigenvalue weighted by Crippen LogP contribution is 2.05. The molecule has 0 spiro atoms.